The lowest BCUT2D eigenvalue weighted by molar-refractivity contribution is -0.123. The Morgan fingerprint density at radius 2 is 2.12 bits per heavy atom. The summed E-state index contributed by atoms with van der Waals surface area (Å²) in [6.45, 7) is 2.95. The van der Waals surface area contributed by atoms with Crippen molar-refractivity contribution in [3.05, 3.63) is 17.7 Å². The number of amides is 2. The number of imidazole rings is 1. The molecule has 6 heteroatoms. The molecular weight excluding hydrogens is 220 g/mol. The summed E-state index contributed by atoms with van der Waals surface area (Å²) in [5.74, 6) is 0.297. The predicted molar refractivity (Wildman–Crippen MR) is 61.1 cm³/mol. The number of aromatic nitrogens is 2. The number of nitrogens with one attached hydrogen (secondary N) is 1. The molecule has 0 atom stereocenters. The Morgan fingerprint density at radius 1 is 1.47 bits per heavy atom. The third-order valence-electron chi connectivity index (χ3n) is 3.12. The maximum Gasteiger partial charge on any atom is 0.271 e. The number of nitrogens with two attached hydrogens (primary N) is 1. The van der Waals surface area contributed by atoms with Crippen molar-refractivity contribution in [1.29, 1.82) is 0 Å². The Morgan fingerprint density at radius 3 is 2.59 bits per heavy atom. The Labute approximate surface area is 99.2 Å². The highest BCUT2D eigenvalue weighted by atomic mass is 16.2. The monoisotopic (exact) mass is 236 g/mol. The molecule has 1 aliphatic heterocycles. The third kappa shape index (κ3) is 2.46. The molecule has 0 saturated carbocycles. The number of hydrogen-bond donors (Lipinski definition) is 2. The van der Waals surface area contributed by atoms with E-state index in [2.05, 4.69) is 9.97 Å². The molecular formula is C11H16N4O2. The van der Waals surface area contributed by atoms with Gasteiger partial charge in [-0.2, -0.15) is 0 Å². The van der Waals surface area contributed by atoms with E-state index < -0.39 is 0 Å². The average molecular weight is 236 g/mol. The normalized spacial score (nSPS) is 17.1. The topological polar surface area (TPSA) is 92.1 Å². The van der Waals surface area contributed by atoms with Crippen LogP contribution in [0.1, 0.15) is 29.2 Å². The van der Waals surface area contributed by atoms with Crippen molar-refractivity contribution in [1.82, 2.24) is 14.9 Å². The minimum Gasteiger partial charge on any atom is -0.369 e. The third-order valence-corrected chi connectivity index (χ3v) is 3.12. The lowest BCUT2D eigenvalue weighted by Gasteiger charge is -2.30. The van der Waals surface area contributed by atoms with Crippen LogP contribution < -0.4 is 5.73 Å². The fraction of sp³-hybridized carbons (Fsp3) is 0.545. The van der Waals surface area contributed by atoms with Crippen LogP contribution in [0, 0.1) is 12.8 Å². The number of aryl methyl sites for hydroxylation is 1. The summed E-state index contributed by atoms with van der Waals surface area (Å²) in [5.41, 5.74) is 5.74. The molecule has 1 fully saturated rings. The zero-order valence-corrected chi connectivity index (χ0v) is 9.77. The van der Waals surface area contributed by atoms with Crippen LogP contribution >= 0.6 is 0 Å². The highest BCUT2D eigenvalue weighted by Gasteiger charge is 2.26. The van der Waals surface area contributed by atoms with Gasteiger partial charge < -0.3 is 15.6 Å². The fourth-order valence-electron chi connectivity index (χ4n) is 2.07. The van der Waals surface area contributed by atoms with Crippen molar-refractivity contribution in [2.45, 2.75) is 19.8 Å². The highest BCUT2D eigenvalue weighted by molar-refractivity contribution is 5.92. The van der Waals surface area contributed by atoms with Gasteiger partial charge in [-0.15, -0.1) is 0 Å². The first-order valence-corrected chi connectivity index (χ1v) is 5.68. The van der Waals surface area contributed by atoms with Gasteiger partial charge in [0.25, 0.3) is 5.91 Å². The van der Waals surface area contributed by atoms with Gasteiger partial charge in [0.05, 0.1) is 6.20 Å². The molecule has 1 aromatic heterocycles. The molecule has 3 N–H and O–H groups in total. The van der Waals surface area contributed by atoms with Crippen LogP contribution in [0.5, 0.6) is 0 Å². The van der Waals surface area contributed by atoms with Gasteiger partial charge in [-0.25, -0.2) is 4.98 Å². The lowest BCUT2D eigenvalue weighted by Crippen LogP contribution is -2.41. The Hall–Kier alpha value is -1.85. The summed E-state index contributed by atoms with van der Waals surface area (Å²) in [5, 5.41) is 0. The Balaban J connectivity index is 1.97. The first kappa shape index (κ1) is 11.6. The first-order valence-electron chi connectivity index (χ1n) is 5.68. The molecule has 1 aromatic rings. The summed E-state index contributed by atoms with van der Waals surface area (Å²) in [6.07, 6.45) is 2.83. The number of carbonyl (C=O) groups excluding carboxylic acids is 2. The van der Waals surface area contributed by atoms with Gasteiger partial charge in [0.2, 0.25) is 5.91 Å². The van der Waals surface area contributed by atoms with Crippen LogP contribution in [-0.4, -0.2) is 39.8 Å². The van der Waals surface area contributed by atoms with Gasteiger partial charge >= 0.3 is 0 Å². The molecule has 17 heavy (non-hydrogen) atoms. The number of aromatic amines is 1. The summed E-state index contributed by atoms with van der Waals surface area (Å²) < 4.78 is 0. The van der Waals surface area contributed by atoms with E-state index in [1.807, 2.05) is 0 Å². The summed E-state index contributed by atoms with van der Waals surface area (Å²) in [4.78, 5) is 31.7. The zero-order valence-electron chi connectivity index (χ0n) is 9.77. The molecule has 1 aliphatic rings. The largest absolute Gasteiger partial charge is 0.369 e. The summed E-state index contributed by atoms with van der Waals surface area (Å²) in [7, 11) is 0. The number of nitrogens with zero attached hydrogens (tertiary/aromatic N) is 2. The van der Waals surface area contributed by atoms with Crippen LogP contribution in [0.2, 0.25) is 0 Å². The van der Waals surface area contributed by atoms with Gasteiger partial charge in [0, 0.05) is 19.0 Å². The van der Waals surface area contributed by atoms with E-state index in [1.54, 1.807) is 11.8 Å². The summed E-state index contributed by atoms with van der Waals surface area (Å²) in [6, 6.07) is 0. The van der Waals surface area contributed by atoms with Crippen LogP contribution in [-0.2, 0) is 4.79 Å². The number of rotatable bonds is 2. The number of carbonyl (C=O) groups is 2. The van der Waals surface area contributed by atoms with Crippen LogP contribution in [0.3, 0.4) is 0 Å². The average Bonchev–Trinajstić information content (AvgIpc) is 2.75. The molecule has 92 valence electrons. The maximum atomic E-state index is 12.0. The van der Waals surface area contributed by atoms with Crippen molar-refractivity contribution >= 4 is 11.8 Å². The molecule has 2 amide bonds. The van der Waals surface area contributed by atoms with Crippen LogP contribution in [0.15, 0.2) is 6.20 Å². The van der Waals surface area contributed by atoms with Gasteiger partial charge in [-0.05, 0) is 19.8 Å². The number of likely N-dealkylation sites (tertiary alicyclic amines) is 1. The second-order valence-corrected chi connectivity index (χ2v) is 4.35. The smallest absolute Gasteiger partial charge is 0.271 e. The Kier molecular flexibility index (Phi) is 3.12. The molecule has 6 nitrogen and oxygen atoms in total. The zero-order chi connectivity index (χ0) is 12.4. The maximum absolute atomic E-state index is 12.0. The van der Waals surface area contributed by atoms with Gasteiger partial charge in [0.1, 0.15) is 11.5 Å². The Bertz CT molecular complexity index is 432. The first-order chi connectivity index (χ1) is 8.08. The quantitative estimate of drug-likeness (QED) is 0.760. The molecule has 0 aromatic carbocycles. The predicted octanol–water partition coefficient (Wildman–Crippen LogP) is 0.0556. The van der Waals surface area contributed by atoms with Crippen molar-refractivity contribution in [3.63, 3.8) is 0 Å². The minimum atomic E-state index is -0.269. The molecule has 0 spiro atoms. The van der Waals surface area contributed by atoms with Gasteiger partial charge in [-0.1, -0.05) is 0 Å². The van der Waals surface area contributed by atoms with E-state index >= 15 is 0 Å². The molecule has 0 radical (unpaired) electrons. The van der Waals surface area contributed by atoms with Gasteiger partial charge in [-0.3, -0.25) is 9.59 Å². The van der Waals surface area contributed by atoms with E-state index in [0.29, 0.717) is 31.6 Å². The number of H-pyrrole nitrogens is 1. The van der Waals surface area contributed by atoms with E-state index in [4.69, 9.17) is 5.73 Å². The van der Waals surface area contributed by atoms with E-state index in [1.165, 1.54) is 6.20 Å². The molecule has 0 bridgehead atoms. The van der Waals surface area contributed by atoms with E-state index in [0.717, 1.165) is 5.82 Å². The van der Waals surface area contributed by atoms with Crippen molar-refractivity contribution in [3.8, 4) is 0 Å². The van der Waals surface area contributed by atoms with Crippen molar-refractivity contribution in [2.24, 2.45) is 11.7 Å². The highest BCUT2D eigenvalue weighted by Crippen LogP contribution is 2.18. The molecule has 1 saturated heterocycles. The number of primary amides is 1. The number of hydrogen-bond acceptors (Lipinski definition) is 3. The number of piperidine rings is 1. The van der Waals surface area contributed by atoms with Crippen LogP contribution in [0.25, 0.3) is 0 Å². The van der Waals surface area contributed by atoms with Crippen molar-refractivity contribution < 1.29 is 9.59 Å². The standard InChI is InChI=1S/C11H16N4O2/c1-7-13-6-9(14-7)11(17)15-4-2-8(3-5-15)10(12)16/h6,8H,2-5H2,1H3,(H2,12,16)(H,13,14). The fourth-order valence-corrected chi connectivity index (χ4v) is 2.07. The van der Waals surface area contributed by atoms with Crippen molar-refractivity contribution in [2.75, 3.05) is 13.1 Å². The van der Waals surface area contributed by atoms with Gasteiger partial charge in [0.15, 0.2) is 0 Å². The van der Waals surface area contributed by atoms with Crippen LogP contribution in [0.4, 0.5) is 0 Å². The second-order valence-electron chi connectivity index (χ2n) is 4.35. The summed E-state index contributed by atoms with van der Waals surface area (Å²) >= 11 is 0. The second kappa shape index (κ2) is 4.57. The minimum absolute atomic E-state index is 0.0616. The SMILES string of the molecule is Cc1ncc(C(=O)N2CCC(C(N)=O)CC2)[nH]1. The molecule has 0 unspecified atom stereocenters. The van der Waals surface area contributed by atoms with E-state index in [-0.39, 0.29) is 17.7 Å². The molecule has 2 rings (SSSR count). The van der Waals surface area contributed by atoms with E-state index in [9.17, 15) is 9.59 Å². The molecule has 0 aliphatic carbocycles. The lowest BCUT2D eigenvalue weighted by atomic mass is 9.96. The molecule has 2 heterocycles.